The second-order valence-corrected chi connectivity index (χ2v) is 7.32. The summed E-state index contributed by atoms with van der Waals surface area (Å²) >= 11 is 0. The van der Waals surface area contributed by atoms with Crippen molar-refractivity contribution in [2.45, 2.75) is 12.1 Å². The largest absolute Gasteiger partial charge is 0.496 e. The van der Waals surface area contributed by atoms with Crippen LogP contribution in [0.2, 0.25) is 12.1 Å². The van der Waals surface area contributed by atoms with Crippen LogP contribution in [-0.4, -0.2) is 29.1 Å². The van der Waals surface area contributed by atoms with Gasteiger partial charge in [-0.3, -0.25) is 0 Å². The molecule has 0 amide bonds. The summed E-state index contributed by atoms with van der Waals surface area (Å²) in [5.41, 5.74) is 0. The summed E-state index contributed by atoms with van der Waals surface area (Å²) in [6.07, 6.45) is 0. The molecule has 0 bridgehead atoms. The van der Waals surface area contributed by atoms with Crippen molar-refractivity contribution in [1.29, 1.82) is 0 Å². The van der Waals surface area contributed by atoms with Gasteiger partial charge in [0.05, 0.1) is 15.9 Å². The Bertz CT molecular complexity index is 547. The smallest absolute Gasteiger partial charge is 0.126 e. The molecule has 93 valence electrons. The molecule has 1 aliphatic heterocycles. The lowest BCUT2D eigenvalue weighted by Crippen LogP contribution is -2.36. The van der Waals surface area contributed by atoms with Crippen LogP contribution in [0, 0.1) is 0 Å². The summed E-state index contributed by atoms with van der Waals surface area (Å²) in [6.45, 7) is 1.85. The van der Waals surface area contributed by atoms with Crippen LogP contribution in [0.15, 0.2) is 36.4 Å². The molecule has 0 spiro atoms. The Morgan fingerprint density at radius 2 is 1.72 bits per heavy atom. The molecule has 0 saturated carbocycles. The molecule has 0 N–H and O–H groups in total. The van der Waals surface area contributed by atoms with Crippen LogP contribution in [0.3, 0.4) is 0 Å². The van der Waals surface area contributed by atoms with E-state index < -0.39 is 8.80 Å². The SMILES string of the molecule is COc1ccc([Si]2CCOCC2)c2ccccc12. The molecule has 1 saturated heterocycles. The van der Waals surface area contributed by atoms with E-state index in [0.717, 1.165) is 19.0 Å². The molecule has 0 aromatic heterocycles. The minimum Gasteiger partial charge on any atom is -0.496 e. The number of fused-ring (bicyclic) bond motifs is 1. The summed E-state index contributed by atoms with van der Waals surface area (Å²) in [5, 5.41) is 4.15. The topological polar surface area (TPSA) is 18.5 Å². The average molecular weight is 257 g/mol. The Hall–Kier alpha value is -1.32. The number of methoxy groups -OCH3 is 1. The van der Waals surface area contributed by atoms with E-state index in [4.69, 9.17) is 9.47 Å². The number of ether oxygens (including phenoxy) is 2. The van der Waals surface area contributed by atoms with Gasteiger partial charge < -0.3 is 9.47 Å². The zero-order valence-electron chi connectivity index (χ0n) is 10.6. The second-order valence-electron chi connectivity index (χ2n) is 4.58. The molecule has 1 heterocycles. The molecule has 3 rings (SSSR count). The molecule has 3 heteroatoms. The maximum atomic E-state index is 5.48. The molecule has 1 aliphatic rings. The molecule has 18 heavy (non-hydrogen) atoms. The van der Waals surface area contributed by atoms with Crippen molar-refractivity contribution >= 4 is 24.8 Å². The van der Waals surface area contributed by atoms with E-state index in [1.165, 1.54) is 22.9 Å². The summed E-state index contributed by atoms with van der Waals surface area (Å²) in [5.74, 6) is 0.976. The van der Waals surface area contributed by atoms with Gasteiger partial charge in [0.15, 0.2) is 0 Å². The Balaban J connectivity index is 2.12. The third-order valence-electron chi connectivity index (χ3n) is 3.58. The maximum absolute atomic E-state index is 5.48. The first-order chi connectivity index (χ1) is 8.90. The van der Waals surface area contributed by atoms with Gasteiger partial charge in [0.1, 0.15) is 5.75 Å². The molecule has 0 aliphatic carbocycles. The van der Waals surface area contributed by atoms with Crippen molar-refractivity contribution in [1.82, 2.24) is 0 Å². The fourth-order valence-electron chi connectivity index (χ4n) is 2.64. The Morgan fingerprint density at radius 1 is 1.00 bits per heavy atom. The van der Waals surface area contributed by atoms with Crippen molar-refractivity contribution in [3.63, 3.8) is 0 Å². The molecule has 1 fully saturated rings. The third-order valence-corrected chi connectivity index (χ3v) is 6.39. The van der Waals surface area contributed by atoms with E-state index in [-0.39, 0.29) is 0 Å². The Labute approximate surface area is 109 Å². The van der Waals surface area contributed by atoms with Gasteiger partial charge >= 0.3 is 0 Å². The normalized spacial score (nSPS) is 16.9. The summed E-state index contributed by atoms with van der Waals surface area (Å²) in [4.78, 5) is 0. The van der Waals surface area contributed by atoms with E-state index in [2.05, 4.69) is 36.4 Å². The molecule has 1 radical (unpaired) electrons. The van der Waals surface area contributed by atoms with Crippen LogP contribution in [-0.2, 0) is 4.74 Å². The zero-order valence-corrected chi connectivity index (χ0v) is 11.6. The van der Waals surface area contributed by atoms with Crippen molar-refractivity contribution in [3.05, 3.63) is 36.4 Å². The van der Waals surface area contributed by atoms with E-state index in [1.807, 2.05) is 0 Å². The van der Waals surface area contributed by atoms with Crippen molar-refractivity contribution in [2.75, 3.05) is 20.3 Å². The van der Waals surface area contributed by atoms with E-state index in [0.29, 0.717) is 0 Å². The lowest BCUT2D eigenvalue weighted by atomic mass is 10.1. The van der Waals surface area contributed by atoms with E-state index >= 15 is 0 Å². The number of benzene rings is 2. The van der Waals surface area contributed by atoms with Gasteiger partial charge in [-0.1, -0.05) is 35.5 Å². The van der Waals surface area contributed by atoms with Gasteiger partial charge in [0.25, 0.3) is 0 Å². The minimum atomic E-state index is -0.456. The van der Waals surface area contributed by atoms with Crippen LogP contribution >= 0.6 is 0 Å². The van der Waals surface area contributed by atoms with Gasteiger partial charge in [-0.25, -0.2) is 0 Å². The molecule has 2 nitrogen and oxygen atoms in total. The first-order valence-corrected chi connectivity index (χ1v) is 8.30. The lowest BCUT2D eigenvalue weighted by molar-refractivity contribution is 0.151. The fourth-order valence-corrected chi connectivity index (χ4v) is 5.13. The van der Waals surface area contributed by atoms with Crippen molar-refractivity contribution in [2.24, 2.45) is 0 Å². The predicted octanol–water partition coefficient (Wildman–Crippen LogP) is 2.58. The van der Waals surface area contributed by atoms with Gasteiger partial charge in [-0.2, -0.15) is 0 Å². The molecular formula is C15H17O2Si. The maximum Gasteiger partial charge on any atom is 0.126 e. The van der Waals surface area contributed by atoms with Gasteiger partial charge in [0.2, 0.25) is 0 Å². The quantitative estimate of drug-likeness (QED) is 0.770. The van der Waals surface area contributed by atoms with Crippen molar-refractivity contribution in [3.8, 4) is 5.75 Å². The predicted molar refractivity (Wildman–Crippen MR) is 76.3 cm³/mol. The highest BCUT2D eigenvalue weighted by atomic mass is 28.3. The summed E-state index contributed by atoms with van der Waals surface area (Å²) in [6, 6.07) is 15.4. The van der Waals surface area contributed by atoms with Gasteiger partial charge in [-0.05, 0) is 23.5 Å². The highest BCUT2D eigenvalue weighted by Gasteiger charge is 2.20. The lowest BCUT2D eigenvalue weighted by Gasteiger charge is -2.22. The highest BCUT2D eigenvalue weighted by Crippen LogP contribution is 2.25. The molecule has 0 unspecified atom stereocenters. The fraction of sp³-hybridized carbons (Fsp3) is 0.333. The molecule has 0 atom stereocenters. The monoisotopic (exact) mass is 257 g/mol. The van der Waals surface area contributed by atoms with Crippen LogP contribution in [0.5, 0.6) is 5.75 Å². The van der Waals surface area contributed by atoms with E-state index in [9.17, 15) is 0 Å². The zero-order chi connectivity index (χ0) is 12.4. The number of hydrogen-bond acceptors (Lipinski definition) is 2. The van der Waals surface area contributed by atoms with Crippen LogP contribution < -0.4 is 9.92 Å². The standard InChI is InChI=1S/C15H17O2Si/c1-16-14-6-7-15(18-10-8-17-9-11-18)13-5-3-2-4-12(13)14/h2-7H,8-11H2,1H3. The summed E-state index contributed by atoms with van der Waals surface area (Å²) < 4.78 is 10.9. The summed E-state index contributed by atoms with van der Waals surface area (Å²) in [7, 11) is 1.28. The minimum absolute atomic E-state index is 0.456. The van der Waals surface area contributed by atoms with Crippen LogP contribution in [0.25, 0.3) is 10.8 Å². The van der Waals surface area contributed by atoms with Crippen molar-refractivity contribution < 1.29 is 9.47 Å². The highest BCUT2D eigenvalue weighted by molar-refractivity contribution is 6.75. The molecule has 2 aromatic rings. The van der Waals surface area contributed by atoms with E-state index in [1.54, 1.807) is 12.3 Å². The van der Waals surface area contributed by atoms with Gasteiger partial charge in [0, 0.05) is 18.6 Å². The molecule has 2 aromatic carbocycles. The van der Waals surface area contributed by atoms with Crippen LogP contribution in [0.4, 0.5) is 0 Å². The Morgan fingerprint density at radius 3 is 2.44 bits per heavy atom. The molecular weight excluding hydrogens is 240 g/mol. The number of hydrogen-bond donors (Lipinski definition) is 0. The van der Waals surface area contributed by atoms with Crippen LogP contribution in [0.1, 0.15) is 0 Å². The van der Waals surface area contributed by atoms with Gasteiger partial charge in [-0.15, -0.1) is 0 Å². The Kier molecular flexibility index (Phi) is 3.34. The first-order valence-electron chi connectivity index (χ1n) is 6.38. The number of rotatable bonds is 2. The first kappa shape index (κ1) is 11.7. The second kappa shape index (κ2) is 5.12. The average Bonchev–Trinajstić information content (AvgIpc) is 2.47. The third kappa shape index (κ3) is 2.04.